The zero-order chi connectivity index (χ0) is 14.3. The van der Waals surface area contributed by atoms with E-state index in [1.165, 1.54) is 0 Å². The molecule has 0 saturated carbocycles. The van der Waals surface area contributed by atoms with Crippen LogP contribution in [0, 0.1) is 0 Å². The average Bonchev–Trinajstić information content (AvgIpc) is 2.42. The monoisotopic (exact) mass is 415 g/mol. The second kappa shape index (κ2) is 5.68. The Hall–Kier alpha value is -0.550. The molecular weight excluding hydrogens is 405 g/mol. The van der Waals surface area contributed by atoms with Gasteiger partial charge in [0, 0.05) is 32.0 Å². The number of fused-ring (bicyclic) bond motifs is 1. The van der Waals surface area contributed by atoms with Crippen LogP contribution >= 0.6 is 43.5 Å². The predicted octanol–water partition coefficient (Wildman–Crippen LogP) is 5.39. The fourth-order valence-corrected chi connectivity index (χ4v) is 3.22. The van der Waals surface area contributed by atoms with Crippen molar-refractivity contribution in [3.05, 3.63) is 61.5 Å². The summed E-state index contributed by atoms with van der Waals surface area (Å²) >= 11 is 13.0. The van der Waals surface area contributed by atoms with Crippen LogP contribution in [0.15, 0.2) is 45.3 Å². The number of rotatable bonds is 1. The molecule has 0 spiro atoms. The van der Waals surface area contributed by atoms with Gasteiger partial charge < -0.3 is 10.5 Å². The zero-order valence-electron chi connectivity index (χ0n) is 10.4. The van der Waals surface area contributed by atoms with Crippen LogP contribution in [-0.2, 0) is 0 Å². The fourth-order valence-electron chi connectivity index (χ4n) is 2.39. The van der Waals surface area contributed by atoms with Gasteiger partial charge in [0.2, 0.25) is 0 Å². The van der Waals surface area contributed by atoms with E-state index < -0.39 is 0 Å². The highest BCUT2D eigenvalue weighted by Gasteiger charge is 2.27. The van der Waals surface area contributed by atoms with Gasteiger partial charge >= 0.3 is 0 Å². The number of hydrogen-bond acceptors (Lipinski definition) is 2. The first-order valence-electron chi connectivity index (χ1n) is 6.21. The molecule has 1 heterocycles. The first-order chi connectivity index (χ1) is 9.54. The molecule has 2 N–H and O–H groups in total. The predicted molar refractivity (Wildman–Crippen MR) is 88.2 cm³/mol. The molecule has 0 aliphatic carbocycles. The van der Waals surface area contributed by atoms with E-state index in [-0.39, 0.29) is 12.1 Å². The third-order valence-corrected chi connectivity index (χ3v) is 5.54. The number of ether oxygens (including phenoxy) is 1. The Bertz CT molecular complexity index is 662. The number of halogens is 3. The summed E-state index contributed by atoms with van der Waals surface area (Å²) < 4.78 is 8.09. The highest BCUT2D eigenvalue weighted by atomic mass is 79.9. The Labute approximate surface area is 139 Å². The number of benzene rings is 2. The Morgan fingerprint density at radius 2 is 1.90 bits per heavy atom. The molecule has 0 saturated heterocycles. The van der Waals surface area contributed by atoms with Crippen LogP contribution in [0.1, 0.15) is 29.7 Å². The van der Waals surface area contributed by atoms with Crippen LogP contribution in [0.25, 0.3) is 0 Å². The first kappa shape index (κ1) is 14.4. The maximum absolute atomic E-state index is 6.25. The van der Waals surface area contributed by atoms with Crippen molar-refractivity contribution in [2.24, 2.45) is 5.73 Å². The van der Waals surface area contributed by atoms with E-state index in [4.69, 9.17) is 22.1 Å². The van der Waals surface area contributed by atoms with E-state index in [1.807, 2.05) is 30.3 Å². The van der Waals surface area contributed by atoms with Gasteiger partial charge in [-0.2, -0.15) is 0 Å². The maximum atomic E-state index is 6.25. The highest BCUT2D eigenvalue weighted by molar-refractivity contribution is 9.13. The molecule has 3 rings (SSSR count). The minimum Gasteiger partial charge on any atom is -0.485 e. The van der Waals surface area contributed by atoms with Gasteiger partial charge in [-0.3, -0.25) is 0 Å². The third kappa shape index (κ3) is 2.75. The van der Waals surface area contributed by atoms with E-state index in [1.54, 1.807) is 0 Å². The Morgan fingerprint density at radius 3 is 2.65 bits per heavy atom. The summed E-state index contributed by atoms with van der Waals surface area (Å²) in [4.78, 5) is 0. The summed E-state index contributed by atoms with van der Waals surface area (Å²) in [6.45, 7) is 0. The SMILES string of the molecule is N[C@H]1CC(c2ccc(Br)c(Br)c2)Oc2ccc(Cl)cc21. The van der Waals surface area contributed by atoms with Gasteiger partial charge in [0.05, 0.1) is 0 Å². The molecule has 5 heteroatoms. The van der Waals surface area contributed by atoms with Crippen molar-refractivity contribution < 1.29 is 4.74 Å². The first-order valence-corrected chi connectivity index (χ1v) is 8.17. The van der Waals surface area contributed by atoms with Crippen molar-refractivity contribution in [3.63, 3.8) is 0 Å². The van der Waals surface area contributed by atoms with Gasteiger partial charge in [-0.05, 0) is 67.8 Å². The standard InChI is InChI=1S/C15H12Br2ClNO/c16-11-3-1-8(5-12(11)17)15-7-13(19)10-6-9(18)2-4-14(10)20-15/h1-6,13,15H,7,19H2/t13-,15?/m0/s1. The van der Waals surface area contributed by atoms with Gasteiger partial charge in [0.15, 0.2) is 0 Å². The molecule has 2 aromatic rings. The van der Waals surface area contributed by atoms with Crippen LogP contribution < -0.4 is 10.5 Å². The molecule has 20 heavy (non-hydrogen) atoms. The fraction of sp³-hybridized carbons (Fsp3) is 0.200. The zero-order valence-corrected chi connectivity index (χ0v) is 14.4. The quantitative estimate of drug-likeness (QED) is 0.675. The van der Waals surface area contributed by atoms with Gasteiger partial charge in [-0.1, -0.05) is 17.7 Å². The molecular formula is C15H12Br2ClNO. The molecule has 1 unspecified atom stereocenters. The minimum absolute atomic E-state index is 0.0388. The Morgan fingerprint density at radius 1 is 1.10 bits per heavy atom. The molecule has 0 radical (unpaired) electrons. The van der Waals surface area contributed by atoms with Crippen LogP contribution in [0.3, 0.4) is 0 Å². The lowest BCUT2D eigenvalue weighted by Gasteiger charge is -2.30. The molecule has 0 bridgehead atoms. The van der Waals surface area contributed by atoms with Crippen molar-refractivity contribution in [2.75, 3.05) is 0 Å². The molecule has 0 aromatic heterocycles. The Kier molecular flexibility index (Phi) is 4.09. The number of hydrogen-bond donors (Lipinski definition) is 1. The van der Waals surface area contributed by atoms with Gasteiger partial charge in [-0.25, -0.2) is 0 Å². The number of nitrogens with two attached hydrogens (primary N) is 1. The highest BCUT2D eigenvalue weighted by Crippen LogP contribution is 2.41. The van der Waals surface area contributed by atoms with Crippen LogP contribution in [-0.4, -0.2) is 0 Å². The molecule has 2 aromatic carbocycles. The van der Waals surface area contributed by atoms with Crippen molar-refractivity contribution >= 4 is 43.5 Å². The van der Waals surface area contributed by atoms with Crippen molar-refractivity contribution in [3.8, 4) is 5.75 Å². The van der Waals surface area contributed by atoms with E-state index in [2.05, 4.69) is 37.9 Å². The summed E-state index contributed by atoms with van der Waals surface area (Å²) in [7, 11) is 0. The van der Waals surface area contributed by atoms with E-state index in [9.17, 15) is 0 Å². The lowest BCUT2D eigenvalue weighted by molar-refractivity contribution is 0.161. The smallest absolute Gasteiger partial charge is 0.126 e. The summed E-state index contributed by atoms with van der Waals surface area (Å²) in [5.41, 5.74) is 8.34. The van der Waals surface area contributed by atoms with Crippen LogP contribution in [0.4, 0.5) is 0 Å². The summed E-state index contributed by atoms with van der Waals surface area (Å²) in [5, 5.41) is 0.688. The average molecular weight is 418 g/mol. The second-order valence-electron chi connectivity index (χ2n) is 4.80. The molecule has 0 amide bonds. The molecule has 0 fully saturated rings. The molecule has 1 aliphatic heterocycles. The summed E-state index contributed by atoms with van der Waals surface area (Å²) in [5.74, 6) is 0.817. The minimum atomic E-state index is -0.0649. The largest absolute Gasteiger partial charge is 0.485 e. The van der Waals surface area contributed by atoms with Crippen molar-refractivity contribution in [1.82, 2.24) is 0 Å². The molecule has 2 nitrogen and oxygen atoms in total. The van der Waals surface area contributed by atoms with Crippen LogP contribution in [0.2, 0.25) is 5.02 Å². The molecule has 2 atom stereocenters. The summed E-state index contributed by atoms with van der Waals surface area (Å²) in [6.07, 6.45) is 0.699. The third-order valence-electron chi connectivity index (χ3n) is 3.42. The van der Waals surface area contributed by atoms with E-state index in [0.29, 0.717) is 5.02 Å². The lowest BCUT2D eigenvalue weighted by atomic mass is 9.94. The normalized spacial score (nSPS) is 21.2. The van der Waals surface area contributed by atoms with Gasteiger partial charge in [0.1, 0.15) is 11.9 Å². The van der Waals surface area contributed by atoms with Crippen molar-refractivity contribution in [1.29, 1.82) is 0 Å². The molecule has 104 valence electrons. The van der Waals surface area contributed by atoms with E-state index in [0.717, 1.165) is 32.2 Å². The van der Waals surface area contributed by atoms with Gasteiger partial charge in [0.25, 0.3) is 0 Å². The Balaban J connectivity index is 1.94. The summed E-state index contributed by atoms with van der Waals surface area (Å²) in [6, 6.07) is 11.6. The van der Waals surface area contributed by atoms with E-state index >= 15 is 0 Å². The second-order valence-corrected chi connectivity index (χ2v) is 6.95. The van der Waals surface area contributed by atoms with Crippen molar-refractivity contribution in [2.45, 2.75) is 18.6 Å². The molecule has 1 aliphatic rings. The maximum Gasteiger partial charge on any atom is 0.126 e. The van der Waals surface area contributed by atoms with Gasteiger partial charge in [-0.15, -0.1) is 0 Å². The van der Waals surface area contributed by atoms with Crippen LogP contribution in [0.5, 0.6) is 5.75 Å². The topological polar surface area (TPSA) is 35.2 Å². The lowest BCUT2D eigenvalue weighted by Crippen LogP contribution is -2.24.